The Hall–Kier alpha value is -2.03. The van der Waals surface area contributed by atoms with E-state index in [0.717, 1.165) is 38.5 Å². The first-order chi connectivity index (χ1) is 21.8. The molecule has 0 bridgehead atoms. The van der Waals surface area contributed by atoms with Gasteiger partial charge in [0.05, 0.1) is 12.2 Å². The third-order valence-electron chi connectivity index (χ3n) is 8.56. The molecule has 8 nitrogen and oxygen atoms in total. The number of ether oxygens (including phenoxy) is 2. The minimum absolute atomic E-state index is 0.0316. The zero-order valence-corrected chi connectivity index (χ0v) is 28.3. The van der Waals surface area contributed by atoms with E-state index in [1.807, 2.05) is 12.2 Å². The molecular weight excluding hydrogens is 572 g/mol. The van der Waals surface area contributed by atoms with Gasteiger partial charge in [0.1, 0.15) is 25.1 Å². The van der Waals surface area contributed by atoms with Crippen molar-refractivity contribution in [2.24, 2.45) is 11.8 Å². The molecule has 45 heavy (non-hydrogen) atoms. The maximum absolute atomic E-state index is 12.4. The molecule has 0 radical (unpaired) electrons. The van der Waals surface area contributed by atoms with Crippen molar-refractivity contribution in [1.82, 2.24) is 0 Å². The number of allylic oxidation sites excluding steroid dienone is 2. The van der Waals surface area contributed by atoms with Gasteiger partial charge in [-0.05, 0) is 32.1 Å². The molecule has 0 spiro atoms. The van der Waals surface area contributed by atoms with Crippen LogP contribution < -0.4 is 0 Å². The number of carbonyl (C=O) groups excluding carboxylic acids is 3. The Bertz CT molecular complexity index is 838. The Balaban J connectivity index is 2.10. The van der Waals surface area contributed by atoms with Crippen LogP contribution in [0.1, 0.15) is 149 Å². The van der Waals surface area contributed by atoms with Crippen molar-refractivity contribution in [1.29, 1.82) is 0 Å². The number of carbonyl (C=O) groups is 3. The summed E-state index contributed by atoms with van der Waals surface area (Å²) in [5.74, 6) is -1.33. The van der Waals surface area contributed by atoms with Crippen molar-refractivity contribution in [2.75, 3.05) is 13.2 Å². The fourth-order valence-electron chi connectivity index (χ4n) is 5.71. The van der Waals surface area contributed by atoms with Crippen LogP contribution in [0, 0.1) is 11.8 Å². The van der Waals surface area contributed by atoms with Gasteiger partial charge < -0.3 is 24.8 Å². The molecule has 260 valence electrons. The summed E-state index contributed by atoms with van der Waals surface area (Å²) in [5.41, 5.74) is 0. The van der Waals surface area contributed by atoms with Gasteiger partial charge in [-0.2, -0.15) is 0 Å². The third-order valence-corrected chi connectivity index (χ3v) is 8.56. The van der Waals surface area contributed by atoms with Gasteiger partial charge in [-0.15, -0.1) is 0 Å². The molecule has 0 aromatic carbocycles. The molecular formula is C37H64O8. The van der Waals surface area contributed by atoms with E-state index < -0.39 is 24.3 Å². The van der Waals surface area contributed by atoms with E-state index >= 15 is 0 Å². The molecule has 0 aromatic heterocycles. The molecule has 1 fully saturated rings. The molecule has 1 saturated carbocycles. The lowest BCUT2D eigenvalue weighted by atomic mass is 9.90. The first-order valence-electron chi connectivity index (χ1n) is 18.0. The smallest absolute Gasteiger partial charge is 0.305 e. The van der Waals surface area contributed by atoms with Gasteiger partial charge >= 0.3 is 11.9 Å². The lowest BCUT2D eigenvalue weighted by molar-refractivity contribution is -0.152. The maximum Gasteiger partial charge on any atom is 0.305 e. The number of aliphatic hydroxyl groups is 3. The number of aliphatic hydroxyl groups excluding tert-OH is 3. The second-order valence-corrected chi connectivity index (χ2v) is 12.8. The van der Waals surface area contributed by atoms with Crippen LogP contribution in [0.15, 0.2) is 24.3 Å². The lowest BCUT2D eigenvalue weighted by Crippen LogP contribution is -2.25. The second kappa shape index (κ2) is 27.1. The maximum atomic E-state index is 12.4. The van der Waals surface area contributed by atoms with Gasteiger partial charge in [0.2, 0.25) is 0 Å². The fraction of sp³-hybridized carbons (Fsp3) is 0.811. The number of ketones is 1. The Morgan fingerprint density at radius 1 is 0.778 bits per heavy atom. The lowest BCUT2D eigenvalue weighted by Gasteiger charge is -2.16. The monoisotopic (exact) mass is 636 g/mol. The van der Waals surface area contributed by atoms with E-state index in [2.05, 4.69) is 13.8 Å². The van der Waals surface area contributed by atoms with Gasteiger partial charge in [0, 0.05) is 31.1 Å². The highest BCUT2D eigenvalue weighted by Gasteiger charge is 2.39. The average molecular weight is 637 g/mol. The number of hydrogen-bond donors (Lipinski definition) is 3. The van der Waals surface area contributed by atoms with Crippen molar-refractivity contribution in [2.45, 2.75) is 167 Å². The van der Waals surface area contributed by atoms with Crippen molar-refractivity contribution >= 4 is 17.7 Å². The van der Waals surface area contributed by atoms with E-state index in [1.54, 1.807) is 12.2 Å². The van der Waals surface area contributed by atoms with Crippen LogP contribution >= 0.6 is 0 Å². The van der Waals surface area contributed by atoms with Crippen molar-refractivity contribution < 1.29 is 39.2 Å². The van der Waals surface area contributed by atoms with Crippen LogP contribution in [-0.4, -0.2) is 64.6 Å². The molecule has 0 saturated heterocycles. The van der Waals surface area contributed by atoms with Gasteiger partial charge in [0.15, 0.2) is 0 Å². The molecule has 0 unspecified atom stereocenters. The molecule has 3 N–H and O–H groups in total. The normalized spacial score (nSPS) is 19.8. The molecule has 0 amide bonds. The summed E-state index contributed by atoms with van der Waals surface area (Å²) in [6.45, 7) is 3.95. The van der Waals surface area contributed by atoms with Gasteiger partial charge in [-0.1, -0.05) is 122 Å². The van der Waals surface area contributed by atoms with Crippen molar-refractivity contribution in [3.8, 4) is 0 Å². The van der Waals surface area contributed by atoms with Crippen LogP contribution in [0.2, 0.25) is 0 Å². The largest absolute Gasteiger partial charge is 0.463 e. The van der Waals surface area contributed by atoms with E-state index in [1.165, 1.54) is 51.4 Å². The number of rotatable bonds is 28. The predicted molar refractivity (Wildman–Crippen MR) is 179 cm³/mol. The molecule has 1 aliphatic carbocycles. The molecule has 1 rings (SSSR count). The Morgan fingerprint density at radius 2 is 1.31 bits per heavy atom. The van der Waals surface area contributed by atoms with Gasteiger partial charge in [-0.3, -0.25) is 14.4 Å². The van der Waals surface area contributed by atoms with Crippen LogP contribution in [0.4, 0.5) is 0 Å². The van der Waals surface area contributed by atoms with Crippen LogP contribution in [0.5, 0.6) is 0 Å². The van der Waals surface area contributed by atoms with E-state index in [9.17, 15) is 29.7 Å². The minimum Gasteiger partial charge on any atom is -0.463 e. The summed E-state index contributed by atoms with van der Waals surface area (Å²) in [5, 5.41) is 30.5. The van der Waals surface area contributed by atoms with Crippen LogP contribution in [0.3, 0.4) is 0 Å². The number of esters is 2. The molecule has 0 aliphatic heterocycles. The highest BCUT2D eigenvalue weighted by Crippen LogP contribution is 2.33. The number of Topliss-reactive ketones (excluding diaryl/α,β-unsaturated/α-hetero) is 1. The number of unbranched alkanes of at least 4 members (excludes halogenated alkanes) is 13. The molecule has 8 heteroatoms. The standard InChI is InChI=1S/C37H64O8/c1-3-5-7-8-9-10-11-12-13-14-19-23-36(42)44-28-31(39)29-45-37(43)24-20-16-15-18-22-32-33(35(41)27-34(32)40)26-25-30(38)21-17-6-4-2/h15,18,25-26,30-33,35,38-39,41H,3-14,16-17,19-24,27-29H2,1-2H3/b18-15-,26-25+/t30-,31+,32+,33+,35+/m0/s1. The Morgan fingerprint density at radius 3 is 1.91 bits per heavy atom. The van der Waals surface area contributed by atoms with Gasteiger partial charge in [-0.25, -0.2) is 0 Å². The van der Waals surface area contributed by atoms with Crippen molar-refractivity contribution in [3.63, 3.8) is 0 Å². The fourth-order valence-corrected chi connectivity index (χ4v) is 5.71. The summed E-state index contributed by atoms with van der Waals surface area (Å²) in [4.78, 5) is 36.3. The Labute approximate surface area is 273 Å². The highest BCUT2D eigenvalue weighted by atomic mass is 16.6. The summed E-state index contributed by atoms with van der Waals surface area (Å²) in [6, 6.07) is 0. The summed E-state index contributed by atoms with van der Waals surface area (Å²) in [6.07, 6.45) is 24.5. The minimum atomic E-state index is -1.05. The van der Waals surface area contributed by atoms with Crippen molar-refractivity contribution in [3.05, 3.63) is 24.3 Å². The zero-order chi connectivity index (χ0) is 33.1. The van der Waals surface area contributed by atoms with E-state index in [4.69, 9.17) is 9.47 Å². The van der Waals surface area contributed by atoms with Crippen LogP contribution in [0.25, 0.3) is 0 Å². The second-order valence-electron chi connectivity index (χ2n) is 12.8. The van der Waals surface area contributed by atoms with E-state index in [0.29, 0.717) is 32.1 Å². The summed E-state index contributed by atoms with van der Waals surface area (Å²) < 4.78 is 10.2. The third kappa shape index (κ3) is 21.4. The SMILES string of the molecule is CCCCCCCCCCCCCC(=O)OC[C@@H](O)COC(=O)CCC/C=C\C[C@H]1C(=O)C[C@@H](O)[C@@H]1/C=C/[C@@H](O)CCCCC. The molecule has 0 heterocycles. The Kier molecular flexibility index (Phi) is 24.7. The molecule has 5 atom stereocenters. The predicted octanol–water partition coefficient (Wildman–Crippen LogP) is 7.31. The quantitative estimate of drug-likeness (QED) is 0.0463. The van der Waals surface area contributed by atoms with Crippen LogP contribution in [-0.2, 0) is 23.9 Å². The summed E-state index contributed by atoms with van der Waals surface area (Å²) in [7, 11) is 0. The van der Waals surface area contributed by atoms with Gasteiger partial charge in [0.25, 0.3) is 0 Å². The topological polar surface area (TPSA) is 130 Å². The highest BCUT2D eigenvalue weighted by molar-refractivity contribution is 5.84. The average Bonchev–Trinajstić information content (AvgIpc) is 3.29. The molecule has 1 aliphatic rings. The first kappa shape index (κ1) is 41.0. The summed E-state index contributed by atoms with van der Waals surface area (Å²) >= 11 is 0. The molecule has 0 aromatic rings. The first-order valence-corrected chi connectivity index (χ1v) is 18.0. The van der Waals surface area contributed by atoms with E-state index in [-0.39, 0.29) is 49.6 Å². The number of hydrogen-bond acceptors (Lipinski definition) is 8. The zero-order valence-electron chi connectivity index (χ0n) is 28.3.